The molecule has 0 N–H and O–H groups in total. The van der Waals surface area contributed by atoms with E-state index >= 15 is 0 Å². The number of nitrogens with zero attached hydrogens (tertiary/aromatic N) is 3. The molecule has 218 valence electrons. The monoisotopic (exact) mass is 599 g/mol. The lowest BCUT2D eigenvalue weighted by Gasteiger charge is -2.32. The van der Waals surface area contributed by atoms with E-state index in [2.05, 4.69) is 4.98 Å². The van der Waals surface area contributed by atoms with E-state index in [0.717, 1.165) is 4.90 Å². The zero-order valence-corrected chi connectivity index (χ0v) is 22.8. The van der Waals surface area contributed by atoms with Crippen LogP contribution in [0.3, 0.4) is 0 Å². The molecular weight excluding hydrogens is 576 g/mol. The number of alkyl halides is 6. The second-order valence-electron chi connectivity index (χ2n) is 9.92. The van der Waals surface area contributed by atoms with Crippen molar-refractivity contribution >= 4 is 34.9 Å². The van der Waals surface area contributed by atoms with Crippen molar-refractivity contribution in [2.45, 2.75) is 31.6 Å². The van der Waals surface area contributed by atoms with Crippen LogP contribution >= 0.6 is 11.6 Å². The van der Waals surface area contributed by atoms with Crippen molar-refractivity contribution < 1.29 is 40.7 Å². The predicted octanol–water partition coefficient (Wildman–Crippen LogP) is 6.74. The molecule has 0 radical (unpaired) electrons. The number of benzene rings is 2. The first-order valence-electron chi connectivity index (χ1n) is 12.2. The minimum Gasteiger partial charge on any atom is -0.370 e. The van der Waals surface area contributed by atoms with E-state index in [1.165, 1.54) is 32.0 Å². The number of amides is 2. The second kappa shape index (κ2) is 11.0. The Morgan fingerprint density at radius 2 is 1.54 bits per heavy atom. The second-order valence-corrected chi connectivity index (χ2v) is 10.3. The van der Waals surface area contributed by atoms with Gasteiger partial charge in [-0.05, 0) is 49.7 Å². The lowest BCUT2D eigenvalue weighted by Crippen LogP contribution is -2.43. The topological polar surface area (TPSA) is 62.7 Å². The number of anilines is 2. The van der Waals surface area contributed by atoms with Gasteiger partial charge < -0.3 is 9.64 Å². The molecule has 1 fully saturated rings. The van der Waals surface area contributed by atoms with Gasteiger partial charge in [0.05, 0.1) is 41.6 Å². The van der Waals surface area contributed by atoms with E-state index in [9.17, 15) is 35.9 Å². The molecule has 0 bridgehead atoms. The fourth-order valence-electron chi connectivity index (χ4n) is 4.48. The molecule has 1 aliphatic rings. The molecule has 0 atom stereocenters. The SMILES string of the molecule is CN(C(=O)C(C)(C)c1cc(C(F)(F)F)cc(C(F)(F)F)c1)c1cnc(N2CCOCC2=O)cc1-c1ccccc1Cl. The van der Waals surface area contributed by atoms with Crippen molar-refractivity contribution in [3.05, 3.63) is 76.4 Å². The summed E-state index contributed by atoms with van der Waals surface area (Å²) in [6.45, 7) is 2.84. The molecule has 1 aromatic heterocycles. The average molecular weight is 600 g/mol. The van der Waals surface area contributed by atoms with Crippen molar-refractivity contribution in [2.24, 2.45) is 0 Å². The molecule has 0 spiro atoms. The van der Waals surface area contributed by atoms with Gasteiger partial charge in [-0.15, -0.1) is 0 Å². The van der Waals surface area contributed by atoms with Gasteiger partial charge in [-0.3, -0.25) is 14.5 Å². The third-order valence-corrected chi connectivity index (χ3v) is 7.13. The summed E-state index contributed by atoms with van der Waals surface area (Å²) in [5, 5.41) is 0.298. The van der Waals surface area contributed by atoms with Crippen molar-refractivity contribution in [3.8, 4) is 11.1 Å². The first-order chi connectivity index (χ1) is 19.0. The van der Waals surface area contributed by atoms with E-state index in [0.29, 0.717) is 28.3 Å². The number of pyridine rings is 1. The number of carbonyl (C=O) groups excluding carboxylic acids is 2. The molecule has 0 unspecified atom stereocenters. The van der Waals surface area contributed by atoms with Crippen LogP contribution in [0.15, 0.2) is 54.7 Å². The number of hydrogen-bond acceptors (Lipinski definition) is 4. The van der Waals surface area contributed by atoms with Gasteiger partial charge >= 0.3 is 12.4 Å². The van der Waals surface area contributed by atoms with Crippen LogP contribution in [-0.4, -0.2) is 43.6 Å². The van der Waals surface area contributed by atoms with Crippen LogP contribution in [-0.2, 0) is 32.1 Å². The smallest absolute Gasteiger partial charge is 0.370 e. The number of carbonyl (C=O) groups is 2. The Kier molecular flexibility index (Phi) is 8.12. The molecule has 6 nitrogen and oxygen atoms in total. The summed E-state index contributed by atoms with van der Waals surface area (Å²) in [6, 6.07) is 9.29. The predicted molar refractivity (Wildman–Crippen MR) is 141 cm³/mol. The Balaban J connectivity index is 1.82. The highest BCUT2D eigenvalue weighted by Gasteiger charge is 2.41. The molecule has 4 rings (SSSR count). The fraction of sp³-hybridized carbons (Fsp3) is 0.321. The van der Waals surface area contributed by atoms with E-state index < -0.39 is 40.4 Å². The highest BCUT2D eigenvalue weighted by molar-refractivity contribution is 6.33. The maximum absolute atomic E-state index is 13.8. The highest BCUT2D eigenvalue weighted by atomic mass is 35.5. The minimum atomic E-state index is -5.07. The number of hydrogen-bond donors (Lipinski definition) is 0. The van der Waals surface area contributed by atoms with Crippen LogP contribution in [0.1, 0.15) is 30.5 Å². The summed E-state index contributed by atoms with van der Waals surface area (Å²) in [5.41, 5.74) is -4.36. The number of aromatic nitrogens is 1. The molecule has 1 saturated heterocycles. The van der Waals surface area contributed by atoms with Crippen LogP contribution in [0.2, 0.25) is 5.02 Å². The number of morpholine rings is 1. The van der Waals surface area contributed by atoms with Crippen molar-refractivity contribution in [1.29, 1.82) is 0 Å². The van der Waals surface area contributed by atoms with Gasteiger partial charge in [0.1, 0.15) is 12.4 Å². The third-order valence-electron chi connectivity index (χ3n) is 6.80. The summed E-state index contributed by atoms with van der Waals surface area (Å²) in [7, 11) is 1.33. The molecule has 13 heteroatoms. The first kappa shape index (κ1) is 30.3. The van der Waals surface area contributed by atoms with Crippen LogP contribution in [0.4, 0.5) is 37.8 Å². The van der Waals surface area contributed by atoms with E-state index in [1.807, 2.05) is 0 Å². The Bertz CT molecular complexity index is 1460. The van der Waals surface area contributed by atoms with E-state index in [-0.39, 0.29) is 43.2 Å². The molecule has 1 aliphatic heterocycles. The molecular formula is C28H24ClF6N3O3. The highest BCUT2D eigenvalue weighted by Crippen LogP contribution is 2.41. The van der Waals surface area contributed by atoms with E-state index in [1.54, 1.807) is 30.3 Å². The van der Waals surface area contributed by atoms with Crippen LogP contribution < -0.4 is 9.80 Å². The first-order valence-corrected chi connectivity index (χ1v) is 12.6. The molecule has 2 heterocycles. The molecule has 0 aliphatic carbocycles. The Labute approximate surface area is 236 Å². The normalized spacial score (nSPS) is 14.8. The zero-order valence-electron chi connectivity index (χ0n) is 22.0. The van der Waals surface area contributed by atoms with Crippen LogP contribution in [0.25, 0.3) is 11.1 Å². The Morgan fingerprint density at radius 1 is 0.951 bits per heavy atom. The molecule has 3 aromatic rings. The lowest BCUT2D eigenvalue weighted by molar-refractivity contribution is -0.143. The fourth-order valence-corrected chi connectivity index (χ4v) is 4.71. The maximum Gasteiger partial charge on any atom is 0.416 e. The largest absolute Gasteiger partial charge is 0.416 e. The van der Waals surface area contributed by atoms with Gasteiger partial charge in [0, 0.05) is 23.2 Å². The van der Waals surface area contributed by atoms with E-state index in [4.69, 9.17) is 16.3 Å². The van der Waals surface area contributed by atoms with Gasteiger partial charge in [-0.2, -0.15) is 26.3 Å². The summed E-state index contributed by atoms with van der Waals surface area (Å²) >= 11 is 6.45. The number of likely N-dealkylation sites (N-methyl/N-ethyl adjacent to an activating group) is 1. The number of rotatable bonds is 5. The Morgan fingerprint density at radius 3 is 2.10 bits per heavy atom. The Hall–Kier alpha value is -3.64. The van der Waals surface area contributed by atoms with Crippen molar-refractivity contribution in [1.82, 2.24) is 4.98 Å². The minimum absolute atomic E-state index is 0.0127. The standard InChI is InChI=1S/C28H24ClF6N3O3/c1-26(2,16-10-17(27(30,31)32)12-18(11-16)28(33,34)35)25(40)37(3)22-14-36-23(38-8-9-41-15-24(38)39)13-20(22)19-6-4-5-7-21(19)29/h4-7,10-14H,8-9,15H2,1-3H3. The molecule has 41 heavy (non-hydrogen) atoms. The number of ether oxygens (including phenoxy) is 1. The molecule has 2 aromatic carbocycles. The number of halogens is 7. The summed E-state index contributed by atoms with van der Waals surface area (Å²) in [5.74, 6) is -0.891. The lowest BCUT2D eigenvalue weighted by atomic mass is 9.81. The van der Waals surface area contributed by atoms with Crippen molar-refractivity contribution in [3.63, 3.8) is 0 Å². The maximum atomic E-state index is 13.8. The zero-order chi connectivity index (χ0) is 30.3. The van der Waals surface area contributed by atoms with Crippen LogP contribution in [0, 0.1) is 0 Å². The van der Waals surface area contributed by atoms with Gasteiger partial charge in [-0.25, -0.2) is 4.98 Å². The van der Waals surface area contributed by atoms with Gasteiger partial charge in [0.15, 0.2) is 0 Å². The third kappa shape index (κ3) is 6.18. The summed E-state index contributed by atoms with van der Waals surface area (Å²) in [6.07, 6.45) is -8.85. The van der Waals surface area contributed by atoms with Gasteiger partial charge in [0.2, 0.25) is 5.91 Å². The van der Waals surface area contributed by atoms with Gasteiger partial charge in [-0.1, -0.05) is 29.8 Å². The average Bonchev–Trinajstić information content (AvgIpc) is 2.91. The quantitative estimate of drug-likeness (QED) is 0.305. The van der Waals surface area contributed by atoms with Crippen LogP contribution in [0.5, 0.6) is 0 Å². The molecule has 0 saturated carbocycles. The molecule has 2 amide bonds. The summed E-state index contributed by atoms with van der Waals surface area (Å²) in [4.78, 5) is 33.1. The summed E-state index contributed by atoms with van der Waals surface area (Å²) < 4.78 is 86.3. The van der Waals surface area contributed by atoms with Gasteiger partial charge in [0.25, 0.3) is 5.91 Å². The van der Waals surface area contributed by atoms with Crippen molar-refractivity contribution in [2.75, 3.05) is 36.6 Å².